The van der Waals surface area contributed by atoms with Gasteiger partial charge in [-0.2, -0.15) is 4.39 Å². The lowest BCUT2D eigenvalue weighted by atomic mass is 10.1. The number of carbonyl (C=O) groups excluding carboxylic acids is 1. The maximum Gasteiger partial charge on any atom is 0.305 e. The van der Waals surface area contributed by atoms with E-state index < -0.39 is 16.4 Å². The van der Waals surface area contributed by atoms with E-state index >= 15 is 0 Å². The molecule has 0 saturated carbocycles. The molecule has 1 amide bonds. The molecule has 0 aliphatic heterocycles. The summed E-state index contributed by atoms with van der Waals surface area (Å²) in [6.45, 7) is 0.973. The molecule has 1 aromatic rings. The second kappa shape index (κ2) is 8.28. The molecule has 0 aromatic heterocycles. The Balaban J connectivity index is 2.59. The number of hydrogen-bond donors (Lipinski definition) is 1. The number of carbonyl (C=O) groups is 1. The largest absolute Gasteiger partial charge is 0.383 e. The molecule has 1 aromatic carbocycles. The number of nitrogens with zero attached hydrogens (tertiary/aromatic N) is 2. The average molecular weight is 299 g/mol. The van der Waals surface area contributed by atoms with Crippen LogP contribution in [0.2, 0.25) is 0 Å². The summed E-state index contributed by atoms with van der Waals surface area (Å²) in [7, 11) is 3.16. The molecule has 0 radical (unpaired) electrons. The van der Waals surface area contributed by atoms with E-state index in [1.165, 1.54) is 19.2 Å². The van der Waals surface area contributed by atoms with Crippen molar-refractivity contribution >= 4 is 11.6 Å². The molecule has 0 aliphatic carbocycles. The molecule has 0 fully saturated rings. The third-order valence-electron chi connectivity index (χ3n) is 2.74. The molecule has 7 nitrogen and oxygen atoms in total. The average Bonchev–Trinajstić information content (AvgIpc) is 2.41. The molecular weight excluding hydrogens is 281 g/mol. The topological polar surface area (TPSA) is 84.7 Å². The molecule has 0 bridgehead atoms. The Morgan fingerprint density at radius 2 is 2.24 bits per heavy atom. The van der Waals surface area contributed by atoms with Crippen molar-refractivity contribution < 1.29 is 18.8 Å². The van der Waals surface area contributed by atoms with Crippen LogP contribution in [-0.2, 0) is 16.1 Å². The first-order valence-electron chi connectivity index (χ1n) is 6.31. The predicted molar refractivity (Wildman–Crippen MR) is 74.3 cm³/mol. The lowest BCUT2D eigenvalue weighted by Crippen LogP contribution is -2.36. The summed E-state index contributed by atoms with van der Waals surface area (Å²) >= 11 is 0. The molecule has 1 rings (SSSR count). The minimum Gasteiger partial charge on any atom is -0.383 e. The van der Waals surface area contributed by atoms with Gasteiger partial charge in [0.25, 0.3) is 0 Å². The van der Waals surface area contributed by atoms with E-state index in [2.05, 4.69) is 5.32 Å². The zero-order valence-electron chi connectivity index (χ0n) is 12.0. The van der Waals surface area contributed by atoms with Crippen molar-refractivity contribution in [2.24, 2.45) is 0 Å². The molecule has 0 aliphatic rings. The summed E-state index contributed by atoms with van der Waals surface area (Å²) in [5.41, 5.74) is -0.387. The Kier molecular flexibility index (Phi) is 6.70. The van der Waals surface area contributed by atoms with Gasteiger partial charge in [-0.3, -0.25) is 19.8 Å². The summed E-state index contributed by atoms with van der Waals surface area (Å²) in [6, 6.07) is 3.99. The van der Waals surface area contributed by atoms with Crippen LogP contribution in [0.5, 0.6) is 0 Å². The Labute approximate surface area is 121 Å². The highest BCUT2D eigenvalue weighted by Crippen LogP contribution is 2.20. The Bertz CT molecular complexity index is 510. The molecular formula is C13H18FN3O4. The second-order valence-corrected chi connectivity index (χ2v) is 4.52. The van der Waals surface area contributed by atoms with Gasteiger partial charge in [0.15, 0.2) is 0 Å². The van der Waals surface area contributed by atoms with Crippen molar-refractivity contribution in [1.29, 1.82) is 0 Å². The second-order valence-electron chi connectivity index (χ2n) is 4.52. The SMILES string of the molecule is COCCNC(=O)CN(C)Cc1cccc([N+](=O)[O-])c1F. The van der Waals surface area contributed by atoms with Crippen LogP contribution in [0.25, 0.3) is 0 Å². The fraction of sp³-hybridized carbons (Fsp3) is 0.462. The zero-order chi connectivity index (χ0) is 15.8. The van der Waals surface area contributed by atoms with Gasteiger partial charge >= 0.3 is 5.69 Å². The number of nitrogens with one attached hydrogen (secondary N) is 1. The molecule has 116 valence electrons. The maximum absolute atomic E-state index is 13.9. The van der Waals surface area contributed by atoms with Crippen LogP contribution < -0.4 is 5.32 Å². The number of rotatable bonds is 8. The first kappa shape index (κ1) is 17.0. The number of amides is 1. The molecule has 21 heavy (non-hydrogen) atoms. The number of ether oxygens (including phenoxy) is 1. The fourth-order valence-electron chi connectivity index (χ4n) is 1.77. The number of benzene rings is 1. The summed E-state index contributed by atoms with van der Waals surface area (Å²) in [6.07, 6.45) is 0. The number of methoxy groups -OCH3 is 1. The molecule has 0 heterocycles. The van der Waals surface area contributed by atoms with Crippen LogP contribution in [0.1, 0.15) is 5.56 Å². The van der Waals surface area contributed by atoms with E-state index in [-0.39, 0.29) is 24.6 Å². The minimum absolute atomic E-state index is 0.0614. The van der Waals surface area contributed by atoms with E-state index in [9.17, 15) is 19.3 Å². The minimum atomic E-state index is -0.867. The van der Waals surface area contributed by atoms with E-state index in [0.717, 1.165) is 6.07 Å². The van der Waals surface area contributed by atoms with Gasteiger partial charge in [0.05, 0.1) is 18.1 Å². The van der Waals surface area contributed by atoms with Crippen molar-refractivity contribution in [2.75, 3.05) is 33.9 Å². The number of likely N-dealkylation sites (N-methyl/N-ethyl adjacent to an activating group) is 1. The van der Waals surface area contributed by atoms with Crippen LogP contribution >= 0.6 is 0 Å². The van der Waals surface area contributed by atoms with Crippen molar-refractivity contribution in [3.8, 4) is 0 Å². The van der Waals surface area contributed by atoms with Crippen molar-refractivity contribution in [2.45, 2.75) is 6.54 Å². The quantitative estimate of drug-likeness (QED) is 0.438. The Hall–Kier alpha value is -2.06. The number of hydrogen-bond acceptors (Lipinski definition) is 5. The first-order valence-corrected chi connectivity index (χ1v) is 6.31. The first-order chi connectivity index (χ1) is 9.95. The van der Waals surface area contributed by atoms with Crippen molar-refractivity contribution in [3.63, 3.8) is 0 Å². The third kappa shape index (κ3) is 5.44. The summed E-state index contributed by atoms with van der Waals surface area (Å²) in [5.74, 6) is -1.09. The summed E-state index contributed by atoms with van der Waals surface area (Å²) in [4.78, 5) is 23.0. The molecule has 0 spiro atoms. The van der Waals surface area contributed by atoms with Crippen molar-refractivity contribution in [1.82, 2.24) is 10.2 Å². The van der Waals surface area contributed by atoms with Crippen LogP contribution in [0.15, 0.2) is 18.2 Å². The number of nitro groups is 1. The van der Waals surface area contributed by atoms with Gasteiger partial charge in [0.2, 0.25) is 11.7 Å². The maximum atomic E-state index is 13.9. The van der Waals surface area contributed by atoms with E-state index in [4.69, 9.17) is 4.74 Å². The van der Waals surface area contributed by atoms with Crippen LogP contribution in [0, 0.1) is 15.9 Å². The van der Waals surface area contributed by atoms with Gasteiger partial charge in [-0.15, -0.1) is 0 Å². The normalized spacial score (nSPS) is 10.7. The number of nitro benzene ring substituents is 1. The lowest BCUT2D eigenvalue weighted by Gasteiger charge is -2.16. The number of halogens is 1. The smallest absolute Gasteiger partial charge is 0.305 e. The Morgan fingerprint density at radius 3 is 2.86 bits per heavy atom. The monoisotopic (exact) mass is 299 g/mol. The van der Waals surface area contributed by atoms with Gasteiger partial charge in [0.1, 0.15) is 0 Å². The highest BCUT2D eigenvalue weighted by Gasteiger charge is 2.18. The van der Waals surface area contributed by atoms with Crippen LogP contribution in [0.3, 0.4) is 0 Å². The van der Waals surface area contributed by atoms with Gasteiger partial charge in [0, 0.05) is 31.8 Å². The third-order valence-corrected chi connectivity index (χ3v) is 2.74. The van der Waals surface area contributed by atoms with Gasteiger partial charge in [-0.05, 0) is 7.05 Å². The van der Waals surface area contributed by atoms with Crippen LogP contribution in [-0.4, -0.2) is 49.6 Å². The highest BCUT2D eigenvalue weighted by molar-refractivity contribution is 5.77. The zero-order valence-corrected chi connectivity index (χ0v) is 12.0. The molecule has 0 atom stereocenters. The van der Waals surface area contributed by atoms with Gasteiger partial charge < -0.3 is 10.1 Å². The molecule has 0 unspecified atom stereocenters. The summed E-state index contributed by atoms with van der Waals surface area (Å²) in [5, 5.41) is 13.3. The molecule has 8 heteroatoms. The molecule has 0 saturated heterocycles. The van der Waals surface area contributed by atoms with Crippen LogP contribution in [0.4, 0.5) is 10.1 Å². The molecule has 1 N–H and O–H groups in total. The van der Waals surface area contributed by atoms with E-state index in [1.807, 2.05) is 0 Å². The summed E-state index contributed by atoms with van der Waals surface area (Å²) < 4.78 is 18.7. The van der Waals surface area contributed by atoms with E-state index in [1.54, 1.807) is 11.9 Å². The van der Waals surface area contributed by atoms with Gasteiger partial charge in [-0.1, -0.05) is 12.1 Å². The fourth-order valence-corrected chi connectivity index (χ4v) is 1.77. The van der Waals surface area contributed by atoms with Gasteiger partial charge in [-0.25, -0.2) is 0 Å². The van der Waals surface area contributed by atoms with Crippen molar-refractivity contribution in [3.05, 3.63) is 39.7 Å². The standard InChI is InChI=1S/C13H18FN3O4/c1-16(9-12(18)15-6-7-21-2)8-10-4-3-5-11(13(10)14)17(19)20/h3-5H,6-9H2,1-2H3,(H,15,18). The highest BCUT2D eigenvalue weighted by atomic mass is 19.1. The Morgan fingerprint density at radius 1 is 1.52 bits per heavy atom. The lowest BCUT2D eigenvalue weighted by molar-refractivity contribution is -0.387. The van der Waals surface area contributed by atoms with E-state index in [0.29, 0.717) is 13.2 Å². The predicted octanol–water partition coefficient (Wildman–Crippen LogP) is 0.928.